The van der Waals surface area contributed by atoms with Crippen LogP contribution in [-0.4, -0.2) is 67.4 Å². The van der Waals surface area contributed by atoms with Crippen molar-refractivity contribution in [2.24, 2.45) is 0 Å². The van der Waals surface area contributed by atoms with Crippen molar-refractivity contribution in [3.05, 3.63) is 70.6 Å². The molecule has 1 unspecified atom stereocenters. The van der Waals surface area contributed by atoms with Gasteiger partial charge in [0.15, 0.2) is 11.5 Å². The molecule has 1 amide bonds. The van der Waals surface area contributed by atoms with Crippen molar-refractivity contribution in [1.29, 1.82) is 0 Å². The summed E-state index contributed by atoms with van der Waals surface area (Å²) in [4.78, 5) is 20.0. The van der Waals surface area contributed by atoms with Crippen molar-refractivity contribution in [3.8, 4) is 28.5 Å². The van der Waals surface area contributed by atoms with E-state index in [1.165, 1.54) is 26.4 Å². The quantitative estimate of drug-likeness (QED) is 0.362. The molecule has 2 fully saturated rings. The lowest BCUT2D eigenvalue weighted by Gasteiger charge is -2.38. The van der Waals surface area contributed by atoms with E-state index < -0.39 is 11.4 Å². The highest BCUT2D eigenvalue weighted by molar-refractivity contribution is 6.31. The van der Waals surface area contributed by atoms with Crippen molar-refractivity contribution in [2.75, 3.05) is 40.4 Å². The summed E-state index contributed by atoms with van der Waals surface area (Å²) in [6.07, 6.45) is 3.25. The number of likely N-dealkylation sites (tertiary alicyclic amines) is 1. The molecule has 0 bridgehead atoms. The van der Waals surface area contributed by atoms with Crippen LogP contribution in [-0.2, 0) is 5.60 Å². The van der Waals surface area contributed by atoms with Crippen LogP contribution in [0.3, 0.4) is 0 Å². The molecule has 1 aromatic heterocycles. The highest BCUT2D eigenvalue weighted by Gasteiger charge is 2.36. The Balaban J connectivity index is 1.41. The van der Waals surface area contributed by atoms with E-state index in [0.29, 0.717) is 39.8 Å². The number of carbonyl (C=O) groups excluding carboxylic acids is 1. The molecule has 3 aromatic rings. The van der Waals surface area contributed by atoms with Crippen LogP contribution in [0.5, 0.6) is 17.2 Å². The van der Waals surface area contributed by atoms with E-state index in [1.807, 2.05) is 0 Å². The van der Waals surface area contributed by atoms with E-state index in [0.717, 1.165) is 32.4 Å². The maximum atomic E-state index is 13.8. The highest BCUT2D eigenvalue weighted by atomic mass is 35.5. The summed E-state index contributed by atoms with van der Waals surface area (Å²) in [5.41, 5.74) is 0.152. The first-order chi connectivity index (χ1) is 18.8. The summed E-state index contributed by atoms with van der Waals surface area (Å²) in [5.74, 6) is 0.604. The van der Waals surface area contributed by atoms with E-state index in [-0.39, 0.29) is 30.1 Å². The Bertz CT molecular complexity index is 1360. The SMILES string of the molecule is COc1cc(C(=O)NCC(O)(CN2CCC2)c2ccc(OC)c(-c3ccc(F)c(Cl)c3)n2)ccc1OC1CC1. The summed E-state index contributed by atoms with van der Waals surface area (Å²) >= 11 is 6.02. The minimum Gasteiger partial charge on any atom is -0.494 e. The maximum absolute atomic E-state index is 13.8. The molecule has 2 aromatic carbocycles. The van der Waals surface area contributed by atoms with Gasteiger partial charge in [-0.15, -0.1) is 0 Å². The fourth-order valence-electron chi connectivity index (χ4n) is 4.46. The second kappa shape index (κ2) is 11.4. The van der Waals surface area contributed by atoms with Crippen molar-refractivity contribution < 1.29 is 28.5 Å². The number of halogens is 2. The number of hydrogen-bond acceptors (Lipinski definition) is 7. The van der Waals surface area contributed by atoms with E-state index in [2.05, 4.69) is 10.2 Å². The van der Waals surface area contributed by atoms with Gasteiger partial charge in [-0.1, -0.05) is 11.6 Å². The maximum Gasteiger partial charge on any atom is 0.251 e. The van der Waals surface area contributed by atoms with Crippen molar-refractivity contribution in [3.63, 3.8) is 0 Å². The molecule has 206 valence electrons. The molecule has 1 aliphatic carbocycles. The van der Waals surface area contributed by atoms with Crippen LogP contribution < -0.4 is 19.5 Å². The molecule has 0 radical (unpaired) electrons. The average Bonchev–Trinajstić information content (AvgIpc) is 3.75. The fraction of sp³-hybridized carbons (Fsp3) is 0.379. The summed E-state index contributed by atoms with van der Waals surface area (Å²) in [6.45, 7) is 1.86. The van der Waals surface area contributed by atoms with Gasteiger partial charge in [-0.05, 0) is 80.9 Å². The third-order valence-electron chi connectivity index (χ3n) is 6.97. The molecule has 1 atom stereocenters. The number of methoxy groups -OCH3 is 2. The second-order valence-corrected chi connectivity index (χ2v) is 10.3. The van der Waals surface area contributed by atoms with Crippen molar-refractivity contribution in [2.45, 2.75) is 31.0 Å². The first-order valence-corrected chi connectivity index (χ1v) is 13.3. The lowest BCUT2D eigenvalue weighted by atomic mass is 9.95. The first-order valence-electron chi connectivity index (χ1n) is 12.9. The molecule has 2 heterocycles. The van der Waals surface area contributed by atoms with Gasteiger partial charge in [-0.3, -0.25) is 9.69 Å². The van der Waals surface area contributed by atoms with Crippen LogP contribution in [0.4, 0.5) is 4.39 Å². The number of nitrogens with one attached hydrogen (secondary N) is 1. The zero-order chi connectivity index (χ0) is 27.6. The number of carbonyl (C=O) groups is 1. The van der Waals surface area contributed by atoms with Crippen LogP contribution in [0, 0.1) is 5.82 Å². The van der Waals surface area contributed by atoms with Crippen LogP contribution in [0.15, 0.2) is 48.5 Å². The van der Waals surface area contributed by atoms with Gasteiger partial charge in [0.25, 0.3) is 5.91 Å². The lowest BCUT2D eigenvalue weighted by Crippen LogP contribution is -2.52. The number of aliphatic hydroxyl groups is 1. The Hall–Kier alpha value is -3.40. The molecular formula is C29H31ClFN3O5. The predicted octanol–water partition coefficient (Wildman–Crippen LogP) is 4.42. The molecule has 1 saturated heterocycles. The zero-order valence-corrected chi connectivity index (χ0v) is 22.6. The largest absolute Gasteiger partial charge is 0.494 e. The number of benzene rings is 2. The summed E-state index contributed by atoms with van der Waals surface area (Å²) in [6, 6.07) is 12.7. The summed E-state index contributed by atoms with van der Waals surface area (Å²) in [5, 5.41) is 14.7. The van der Waals surface area contributed by atoms with Gasteiger partial charge in [-0.2, -0.15) is 0 Å². The fourth-order valence-corrected chi connectivity index (χ4v) is 4.64. The Labute approximate surface area is 231 Å². The van der Waals surface area contributed by atoms with E-state index in [4.69, 9.17) is 30.8 Å². The van der Waals surface area contributed by atoms with Crippen LogP contribution in [0.25, 0.3) is 11.3 Å². The first kappa shape index (κ1) is 27.2. The number of ether oxygens (including phenoxy) is 3. The molecule has 10 heteroatoms. The van der Waals surface area contributed by atoms with Gasteiger partial charge in [0.2, 0.25) is 0 Å². The van der Waals surface area contributed by atoms with Gasteiger partial charge < -0.3 is 24.6 Å². The number of nitrogens with zero attached hydrogens (tertiary/aromatic N) is 2. The molecule has 1 aliphatic heterocycles. The Morgan fingerprint density at radius 2 is 1.85 bits per heavy atom. The number of hydrogen-bond donors (Lipinski definition) is 2. The molecule has 2 N–H and O–H groups in total. The molecule has 8 nitrogen and oxygen atoms in total. The van der Waals surface area contributed by atoms with Gasteiger partial charge in [0.1, 0.15) is 22.9 Å². The van der Waals surface area contributed by atoms with E-state index >= 15 is 0 Å². The number of β-amino-alcohol motifs (C(OH)–C–C–N with tert-alkyl or cyclic N) is 1. The molecule has 2 aliphatic rings. The number of rotatable bonds is 11. The standard InChI is InChI=1S/C29H31ClFN3O5/c1-37-24-10-11-26(33-27(24)18-4-8-22(31)21(30)14-18)29(36,17-34-12-3-13-34)16-32-28(35)19-5-9-23(25(15-19)38-2)39-20-6-7-20/h4-5,8-11,14-15,20,36H,3,6-7,12-13,16-17H2,1-2H3,(H,32,35). The second-order valence-electron chi connectivity index (χ2n) is 9.90. The van der Waals surface area contributed by atoms with E-state index in [1.54, 1.807) is 36.4 Å². The van der Waals surface area contributed by atoms with Crippen LogP contribution in [0.2, 0.25) is 5.02 Å². The van der Waals surface area contributed by atoms with Crippen LogP contribution in [0.1, 0.15) is 35.3 Å². The normalized spacial score (nSPS) is 16.6. The predicted molar refractivity (Wildman–Crippen MR) is 145 cm³/mol. The highest BCUT2D eigenvalue weighted by Crippen LogP contribution is 2.35. The summed E-state index contributed by atoms with van der Waals surface area (Å²) in [7, 11) is 3.04. The lowest BCUT2D eigenvalue weighted by molar-refractivity contribution is -0.0192. The Morgan fingerprint density at radius 3 is 2.49 bits per heavy atom. The number of pyridine rings is 1. The van der Waals surface area contributed by atoms with Gasteiger partial charge in [0.05, 0.1) is 37.6 Å². The third kappa shape index (κ3) is 6.11. The zero-order valence-electron chi connectivity index (χ0n) is 21.9. The van der Waals surface area contributed by atoms with Crippen molar-refractivity contribution >= 4 is 17.5 Å². The molecule has 0 spiro atoms. The molecular weight excluding hydrogens is 525 g/mol. The van der Waals surface area contributed by atoms with Crippen LogP contribution >= 0.6 is 11.6 Å². The van der Waals surface area contributed by atoms with Gasteiger partial charge >= 0.3 is 0 Å². The third-order valence-corrected chi connectivity index (χ3v) is 7.26. The molecule has 1 saturated carbocycles. The average molecular weight is 556 g/mol. The Morgan fingerprint density at radius 1 is 1.10 bits per heavy atom. The summed E-state index contributed by atoms with van der Waals surface area (Å²) < 4.78 is 30.6. The number of amides is 1. The molecule has 5 rings (SSSR count). The number of aromatic nitrogens is 1. The van der Waals surface area contributed by atoms with E-state index in [9.17, 15) is 14.3 Å². The monoisotopic (exact) mass is 555 g/mol. The Kier molecular flexibility index (Phi) is 7.93. The van der Waals surface area contributed by atoms with Crippen molar-refractivity contribution in [1.82, 2.24) is 15.2 Å². The molecule has 39 heavy (non-hydrogen) atoms. The smallest absolute Gasteiger partial charge is 0.251 e. The minimum atomic E-state index is -1.51. The minimum absolute atomic E-state index is 0.0474. The topological polar surface area (TPSA) is 93.2 Å². The van der Waals surface area contributed by atoms with Gasteiger partial charge in [0, 0.05) is 17.7 Å². The van der Waals surface area contributed by atoms with Gasteiger partial charge in [-0.25, -0.2) is 9.37 Å².